The summed E-state index contributed by atoms with van der Waals surface area (Å²) in [5.41, 5.74) is 3.99. The van der Waals surface area contributed by atoms with E-state index in [0.29, 0.717) is 23.3 Å². The maximum Gasteiger partial charge on any atom is 0.405 e. The number of nitrogens with one attached hydrogen (secondary N) is 2. The molecule has 3 heterocycles. The van der Waals surface area contributed by atoms with E-state index in [1.807, 2.05) is 16.2 Å². The number of rotatable bonds is 7. The SMILES string of the molecule is Cn1nc(-c2ccc(C(=O)NCC(F)(F)F)cc2)nc1Nc1ccc2c(cnn2C2CCCCO2)c1C1CC1. The number of aryl methyl sites for hydroxylation is 1. The zero-order valence-electron chi connectivity index (χ0n) is 21.3. The summed E-state index contributed by atoms with van der Waals surface area (Å²) in [5.74, 6) is 0.626. The van der Waals surface area contributed by atoms with Crippen LogP contribution >= 0.6 is 0 Å². The van der Waals surface area contributed by atoms with Crippen molar-refractivity contribution in [3.8, 4) is 11.4 Å². The number of amides is 1. The van der Waals surface area contributed by atoms with Gasteiger partial charge >= 0.3 is 6.18 Å². The lowest BCUT2D eigenvalue weighted by atomic mass is 10.0. The fraction of sp³-hybridized carbons (Fsp3) is 0.407. The average Bonchev–Trinajstić information content (AvgIpc) is 3.57. The third kappa shape index (κ3) is 5.33. The minimum atomic E-state index is -4.47. The van der Waals surface area contributed by atoms with E-state index in [1.165, 1.54) is 17.7 Å². The van der Waals surface area contributed by atoms with Gasteiger partial charge in [0.2, 0.25) is 5.95 Å². The maximum atomic E-state index is 12.4. The molecule has 2 aliphatic rings. The lowest BCUT2D eigenvalue weighted by Crippen LogP contribution is -2.33. The molecular weight excluding hydrogens is 511 g/mol. The summed E-state index contributed by atoms with van der Waals surface area (Å²) in [5, 5.41) is 15.6. The second kappa shape index (κ2) is 9.99. The van der Waals surface area contributed by atoms with E-state index in [2.05, 4.69) is 32.6 Å². The molecule has 12 heteroatoms. The number of carbonyl (C=O) groups excluding carboxylic acids is 1. The molecule has 0 bridgehead atoms. The highest BCUT2D eigenvalue weighted by atomic mass is 19.4. The largest absolute Gasteiger partial charge is 0.405 e. The molecule has 2 N–H and O–H groups in total. The Kier molecular flexibility index (Phi) is 6.49. The van der Waals surface area contributed by atoms with Gasteiger partial charge in [-0.05, 0) is 67.9 Å². The number of alkyl halides is 3. The van der Waals surface area contributed by atoms with Crippen LogP contribution in [-0.2, 0) is 11.8 Å². The number of aromatic nitrogens is 5. The lowest BCUT2D eigenvalue weighted by Gasteiger charge is -2.23. The van der Waals surface area contributed by atoms with E-state index in [-0.39, 0.29) is 11.8 Å². The number of hydrogen-bond acceptors (Lipinski definition) is 6. The fourth-order valence-corrected chi connectivity index (χ4v) is 5.00. The van der Waals surface area contributed by atoms with Crippen LogP contribution < -0.4 is 10.6 Å². The standard InChI is InChI=1S/C27H28F3N7O2/c1-36-26(34-24(35-36)17-7-9-18(10-8-17)25(38)31-15-27(28,29)30)33-20-11-12-21-19(23(20)16-5-6-16)14-32-37(21)22-4-2-3-13-39-22/h7-12,14,16,22H,2-6,13,15H2,1H3,(H,31,38)(H,33,34,35). The van der Waals surface area contributed by atoms with Crippen LogP contribution in [0.15, 0.2) is 42.6 Å². The molecule has 6 rings (SSSR count). The normalized spacial score (nSPS) is 17.9. The maximum absolute atomic E-state index is 12.4. The molecule has 2 aromatic carbocycles. The number of hydrogen-bond donors (Lipinski definition) is 2. The van der Waals surface area contributed by atoms with E-state index in [0.717, 1.165) is 55.3 Å². The smallest absolute Gasteiger partial charge is 0.356 e. The van der Waals surface area contributed by atoms with Gasteiger partial charge in [0.25, 0.3) is 5.91 Å². The molecule has 2 fully saturated rings. The molecule has 9 nitrogen and oxygen atoms in total. The van der Waals surface area contributed by atoms with E-state index in [9.17, 15) is 18.0 Å². The summed E-state index contributed by atoms with van der Waals surface area (Å²) in [6, 6.07) is 10.3. The van der Waals surface area contributed by atoms with Crippen molar-refractivity contribution in [2.24, 2.45) is 7.05 Å². The monoisotopic (exact) mass is 539 g/mol. The number of nitrogens with zero attached hydrogens (tertiary/aromatic N) is 5. The number of benzene rings is 2. The summed E-state index contributed by atoms with van der Waals surface area (Å²) in [4.78, 5) is 16.7. The summed E-state index contributed by atoms with van der Waals surface area (Å²) < 4.78 is 46.8. The number of halogens is 3. The summed E-state index contributed by atoms with van der Waals surface area (Å²) in [7, 11) is 1.78. The number of anilines is 2. The van der Waals surface area contributed by atoms with E-state index in [4.69, 9.17) is 4.74 Å². The first-order valence-corrected chi connectivity index (χ1v) is 13.0. The predicted octanol–water partition coefficient (Wildman–Crippen LogP) is 5.44. The van der Waals surface area contributed by atoms with Gasteiger partial charge in [-0.25, -0.2) is 9.36 Å². The van der Waals surface area contributed by atoms with Crippen molar-refractivity contribution >= 4 is 28.4 Å². The first-order valence-electron chi connectivity index (χ1n) is 13.0. The zero-order valence-corrected chi connectivity index (χ0v) is 21.3. The van der Waals surface area contributed by atoms with Crippen molar-refractivity contribution < 1.29 is 22.7 Å². The van der Waals surface area contributed by atoms with Crippen LogP contribution in [0.2, 0.25) is 0 Å². The molecule has 1 amide bonds. The van der Waals surface area contributed by atoms with Crippen LogP contribution in [0, 0.1) is 0 Å². The number of fused-ring (bicyclic) bond motifs is 1. The van der Waals surface area contributed by atoms with Gasteiger partial charge in [-0.15, -0.1) is 5.10 Å². The van der Waals surface area contributed by atoms with Gasteiger partial charge in [0.05, 0.1) is 11.7 Å². The average molecular weight is 540 g/mol. The molecule has 1 atom stereocenters. The highest BCUT2D eigenvalue weighted by Gasteiger charge is 2.31. The van der Waals surface area contributed by atoms with Crippen LogP contribution in [0.1, 0.15) is 60.2 Å². The van der Waals surface area contributed by atoms with E-state index >= 15 is 0 Å². The van der Waals surface area contributed by atoms with E-state index < -0.39 is 18.6 Å². The van der Waals surface area contributed by atoms with Crippen molar-refractivity contribution in [1.29, 1.82) is 0 Å². The molecule has 1 aliphatic carbocycles. The molecule has 204 valence electrons. The molecular formula is C27H28F3N7O2. The first kappa shape index (κ1) is 25.4. The minimum Gasteiger partial charge on any atom is -0.356 e. The molecule has 1 unspecified atom stereocenters. The second-order valence-electron chi connectivity index (χ2n) is 10.0. The third-order valence-electron chi connectivity index (χ3n) is 7.10. The molecule has 1 aliphatic heterocycles. The van der Waals surface area contributed by atoms with Gasteiger partial charge in [0, 0.05) is 35.9 Å². The first-order chi connectivity index (χ1) is 18.8. The van der Waals surface area contributed by atoms with Crippen LogP contribution in [0.5, 0.6) is 0 Å². The van der Waals surface area contributed by atoms with Gasteiger partial charge < -0.3 is 15.4 Å². The fourth-order valence-electron chi connectivity index (χ4n) is 5.00. The lowest BCUT2D eigenvalue weighted by molar-refractivity contribution is -0.123. The van der Waals surface area contributed by atoms with Gasteiger partial charge in [0.15, 0.2) is 12.1 Å². The molecule has 1 saturated carbocycles. The molecule has 0 spiro atoms. The van der Waals surface area contributed by atoms with Crippen molar-refractivity contribution in [3.63, 3.8) is 0 Å². The Hall–Kier alpha value is -3.93. The van der Waals surface area contributed by atoms with Crippen molar-refractivity contribution in [2.45, 2.75) is 50.4 Å². The third-order valence-corrected chi connectivity index (χ3v) is 7.10. The second-order valence-corrected chi connectivity index (χ2v) is 10.0. The quantitative estimate of drug-likeness (QED) is 0.324. The Morgan fingerprint density at radius 3 is 2.59 bits per heavy atom. The molecule has 39 heavy (non-hydrogen) atoms. The number of carbonyl (C=O) groups is 1. The summed E-state index contributed by atoms with van der Waals surface area (Å²) in [6.45, 7) is -0.627. The Morgan fingerprint density at radius 1 is 1.10 bits per heavy atom. The van der Waals surface area contributed by atoms with Crippen molar-refractivity contribution in [3.05, 3.63) is 53.7 Å². The van der Waals surface area contributed by atoms with Crippen molar-refractivity contribution in [2.75, 3.05) is 18.5 Å². The topological polar surface area (TPSA) is 98.9 Å². The van der Waals surface area contributed by atoms with Crippen molar-refractivity contribution in [1.82, 2.24) is 29.9 Å². The summed E-state index contributed by atoms with van der Waals surface area (Å²) in [6.07, 6.45) is 2.83. The zero-order chi connectivity index (χ0) is 27.1. The molecule has 2 aromatic heterocycles. The van der Waals surface area contributed by atoms with Gasteiger partial charge in [-0.1, -0.05) is 12.1 Å². The van der Waals surface area contributed by atoms with Crippen LogP contribution in [0.25, 0.3) is 22.3 Å². The van der Waals surface area contributed by atoms with Gasteiger partial charge in [0.1, 0.15) is 6.54 Å². The molecule has 1 saturated heterocycles. The van der Waals surface area contributed by atoms with Crippen LogP contribution in [0.3, 0.4) is 0 Å². The van der Waals surface area contributed by atoms with Crippen LogP contribution in [0.4, 0.5) is 24.8 Å². The van der Waals surface area contributed by atoms with Crippen LogP contribution in [-0.4, -0.2) is 49.8 Å². The Balaban J connectivity index is 1.23. The van der Waals surface area contributed by atoms with E-state index in [1.54, 1.807) is 23.9 Å². The minimum absolute atomic E-state index is 0.0366. The predicted molar refractivity (Wildman–Crippen MR) is 139 cm³/mol. The summed E-state index contributed by atoms with van der Waals surface area (Å²) >= 11 is 0. The highest BCUT2D eigenvalue weighted by Crippen LogP contribution is 2.47. The Morgan fingerprint density at radius 2 is 1.90 bits per heavy atom. The Bertz CT molecular complexity index is 1500. The van der Waals surface area contributed by atoms with Gasteiger partial charge in [-0.2, -0.15) is 23.3 Å². The number of ether oxygens (including phenoxy) is 1. The van der Waals surface area contributed by atoms with Gasteiger partial charge in [-0.3, -0.25) is 4.79 Å². The molecule has 4 aromatic rings. The highest BCUT2D eigenvalue weighted by molar-refractivity contribution is 5.94. The molecule has 0 radical (unpaired) electrons. The Labute approximate surface area is 222 Å².